The number of amides is 1. The van der Waals surface area contributed by atoms with Crippen LogP contribution in [0.25, 0.3) is 10.6 Å². The van der Waals surface area contributed by atoms with Gasteiger partial charge in [-0.05, 0) is 36.4 Å². The molecular weight excluding hydrogens is 404 g/mol. The molecule has 0 aliphatic carbocycles. The van der Waals surface area contributed by atoms with Crippen molar-refractivity contribution in [2.75, 3.05) is 12.4 Å². The quantitative estimate of drug-likeness (QED) is 0.485. The highest BCUT2D eigenvalue weighted by Gasteiger charge is 2.14. The van der Waals surface area contributed by atoms with E-state index < -0.39 is 0 Å². The number of carbonyl (C=O) groups excluding carboxylic acids is 1. The van der Waals surface area contributed by atoms with Crippen LogP contribution in [0.15, 0.2) is 61.2 Å². The number of benzene rings is 1. The lowest BCUT2D eigenvalue weighted by molar-refractivity contribution is 0.102. The van der Waals surface area contributed by atoms with Crippen molar-refractivity contribution in [2.24, 2.45) is 0 Å². The molecule has 0 unspecified atom stereocenters. The zero-order chi connectivity index (χ0) is 20.8. The van der Waals surface area contributed by atoms with Gasteiger partial charge in [0.05, 0.1) is 7.11 Å². The zero-order valence-corrected chi connectivity index (χ0v) is 16.7. The maximum atomic E-state index is 12.6. The molecule has 0 saturated heterocycles. The maximum absolute atomic E-state index is 12.6. The monoisotopic (exact) mass is 420 g/mol. The molecule has 0 saturated carbocycles. The third-order valence-electron chi connectivity index (χ3n) is 3.97. The van der Waals surface area contributed by atoms with Gasteiger partial charge in [0.2, 0.25) is 5.13 Å². The summed E-state index contributed by atoms with van der Waals surface area (Å²) in [5.74, 6) is 1.12. The molecule has 0 spiro atoms. The minimum absolute atomic E-state index is 0.186. The predicted molar refractivity (Wildman–Crippen MR) is 110 cm³/mol. The highest BCUT2D eigenvalue weighted by molar-refractivity contribution is 7.18. The van der Waals surface area contributed by atoms with Crippen LogP contribution in [0.3, 0.4) is 0 Å². The first kappa shape index (κ1) is 19.4. The van der Waals surface area contributed by atoms with Gasteiger partial charge >= 0.3 is 0 Å². The molecule has 0 aliphatic heterocycles. The van der Waals surface area contributed by atoms with Crippen molar-refractivity contribution in [3.05, 3.63) is 72.6 Å². The molecule has 1 amide bonds. The van der Waals surface area contributed by atoms with Gasteiger partial charge in [0.15, 0.2) is 17.3 Å². The van der Waals surface area contributed by atoms with Crippen molar-refractivity contribution in [1.29, 1.82) is 0 Å². The zero-order valence-electron chi connectivity index (χ0n) is 15.8. The van der Waals surface area contributed by atoms with Crippen molar-refractivity contribution in [1.82, 2.24) is 25.1 Å². The van der Waals surface area contributed by atoms with Crippen LogP contribution in [0, 0.1) is 0 Å². The van der Waals surface area contributed by atoms with Gasteiger partial charge in [-0.15, -0.1) is 10.2 Å². The number of ether oxygens (including phenoxy) is 2. The molecule has 10 heteroatoms. The molecule has 0 fully saturated rings. The standard InChI is InChI=1S/C20H16N6O3S/c1-28-16-11-14(3-4-15(16)29-12-17-22-7-2-8-23-17)18(27)24-20-26-25-19(30-20)13-5-9-21-10-6-13/h2-11H,12H2,1H3,(H,24,26,27). The van der Waals surface area contributed by atoms with E-state index in [4.69, 9.17) is 9.47 Å². The van der Waals surface area contributed by atoms with Crippen LogP contribution >= 0.6 is 11.3 Å². The fourth-order valence-corrected chi connectivity index (χ4v) is 3.27. The lowest BCUT2D eigenvalue weighted by Gasteiger charge is -2.11. The van der Waals surface area contributed by atoms with E-state index in [0.717, 1.165) is 5.56 Å². The first-order valence-corrected chi connectivity index (χ1v) is 9.66. The minimum atomic E-state index is -0.330. The molecule has 0 radical (unpaired) electrons. The van der Waals surface area contributed by atoms with Gasteiger partial charge < -0.3 is 9.47 Å². The van der Waals surface area contributed by atoms with E-state index in [2.05, 4.69) is 30.5 Å². The Kier molecular flexibility index (Phi) is 5.85. The molecule has 9 nitrogen and oxygen atoms in total. The fraction of sp³-hybridized carbons (Fsp3) is 0.100. The Morgan fingerprint density at radius 1 is 1.03 bits per heavy atom. The first-order chi connectivity index (χ1) is 14.7. The Bertz CT molecular complexity index is 1140. The Balaban J connectivity index is 1.44. The van der Waals surface area contributed by atoms with E-state index in [1.165, 1.54) is 18.4 Å². The largest absolute Gasteiger partial charge is 0.493 e. The Morgan fingerprint density at radius 3 is 2.60 bits per heavy atom. The lowest BCUT2D eigenvalue weighted by atomic mass is 10.2. The number of nitrogens with zero attached hydrogens (tertiary/aromatic N) is 5. The number of pyridine rings is 1. The molecule has 0 bridgehead atoms. The number of carbonyl (C=O) groups is 1. The number of rotatable bonds is 7. The summed E-state index contributed by atoms with van der Waals surface area (Å²) < 4.78 is 11.1. The summed E-state index contributed by atoms with van der Waals surface area (Å²) in [5.41, 5.74) is 1.28. The normalized spacial score (nSPS) is 10.4. The van der Waals surface area contributed by atoms with Crippen molar-refractivity contribution in [3.63, 3.8) is 0 Å². The van der Waals surface area contributed by atoms with Crippen LogP contribution in [0.5, 0.6) is 11.5 Å². The summed E-state index contributed by atoms with van der Waals surface area (Å²) in [6, 6.07) is 10.3. The summed E-state index contributed by atoms with van der Waals surface area (Å²) >= 11 is 1.28. The first-order valence-electron chi connectivity index (χ1n) is 8.85. The van der Waals surface area contributed by atoms with Crippen LogP contribution in [0.1, 0.15) is 16.2 Å². The highest BCUT2D eigenvalue weighted by Crippen LogP contribution is 2.30. The second kappa shape index (κ2) is 9.05. The Labute approximate surface area is 175 Å². The average molecular weight is 420 g/mol. The SMILES string of the molecule is COc1cc(C(=O)Nc2nnc(-c3ccncc3)s2)ccc1OCc1ncccn1. The van der Waals surface area contributed by atoms with E-state index in [9.17, 15) is 4.79 Å². The summed E-state index contributed by atoms with van der Waals surface area (Å²) in [6.45, 7) is 0.186. The van der Waals surface area contributed by atoms with Crippen LogP contribution in [0.4, 0.5) is 5.13 Å². The second-order valence-corrected chi connectivity index (χ2v) is 6.90. The number of hydrogen-bond donors (Lipinski definition) is 1. The van der Waals surface area contributed by atoms with Crippen LogP contribution in [-0.4, -0.2) is 38.2 Å². The van der Waals surface area contributed by atoms with E-state index in [0.29, 0.717) is 33.0 Å². The molecule has 0 atom stereocenters. The smallest absolute Gasteiger partial charge is 0.257 e. The molecule has 4 aromatic rings. The summed E-state index contributed by atoms with van der Waals surface area (Å²) in [5, 5.41) is 12.0. The molecule has 1 N–H and O–H groups in total. The second-order valence-electron chi connectivity index (χ2n) is 5.92. The summed E-state index contributed by atoms with van der Waals surface area (Å²) in [7, 11) is 1.51. The number of hydrogen-bond acceptors (Lipinski definition) is 9. The van der Waals surface area contributed by atoms with Gasteiger partial charge in [0, 0.05) is 35.9 Å². The minimum Gasteiger partial charge on any atom is -0.493 e. The maximum Gasteiger partial charge on any atom is 0.257 e. The van der Waals surface area contributed by atoms with Gasteiger partial charge in [-0.2, -0.15) is 0 Å². The molecule has 30 heavy (non-hydrogen) atoms. The summed E-state index contributed by atoms with van der Waals surface area (Å²) in [6.07, 6.45) is 6.64. The third kappa shape index (κ3) is 4.55. The molecular formula is C20H16N6O3S. The number of anilines is 1. The molecule has 150 valence electrons. The van der Waals surface area contributed by atoms with E-state index in [-0.39, 0.29) is 12.5 Å². The van der Waals surface area contributed by atoms with Gasteiger partial charge in [0.1, 0.15) is 11.6 Å². The van der Waals surface area contributed by atoms with Gasteiger partial charge in [-0.25, -0.2) is 9.97 Å². The van der Waals surface area contributed by atoms with E-state index in [1.54, 1.807) is 49.1 Å². The summed E-state index contributed by atoms with van der Waals surface area (Å²) in [4.78, 5) is 24.8. The van der Waals surface area contributed by atoms with Crippen molar-refractivity contribution < 1.29 is 14.3 Å². The molecule has 1 aromatic carbocycles. The van der Waals surface area contributed by atoms with Crippen molar-refractivity contribution in [3.8, 4) is 22.1 Å². The number of methoxy groups -OCH3 is 1. The van der Waals surface area contributed by atoms with Crippen molar-refractivity contribution >= 4 is 22.4 Å². The Morgan fingerprint density at radius 2 is 1.83 bits per heavy atom. The average Bonchev–Trinajstić information content (AvgIpc) is 3.27. The van der Waals surface area contributed by atoms with Crippen LogP contribution in [-0.2, 0) is 6.61 Å². The van der Waals surface area contributed by atoms with E-state index in [1.807, 2.05) is 12.1 Å². The molecule has 4 rings (SSSR count). The van der Waals surface area contributed by atoms with Gasteiger partial charge in [-0.3, -0.25) is 15.1 Å². The van der Waals surface area contributed by atoms with Crippen LogP contribution in [0.2, 0.25) is 0 Å². The molecule has 0 aliphatic rings. The van der Waals surface area contributed by atoms with Gasteiger partial charge in [0.25, 0.3) is 5.91 Å². The topological polar surface area (TPSA) is 112 Å². The third-order valence-corrected chi connectivity index (χ3v) is 4.86. The lowest BCUT2D eigenvalue weighted by Crippen LogP contribution is -2.12. The molecule has 3 aromatic heterocycles. The van der Waals surface area contributed by atoms with Crippen LogP contribution < -0.4 is 14.8 Å². The van der Waals surface area contributed by atoms with Gasteiger partial charge in [-0.1, -0.05) is 11.3 Å². The van der Waals surface area contributed by atoms with Crippen molar-refractivity contribution in [2.45, 2.75) is 6.61 Å². The predicted octanol–water partition coefficient (Wildman–Crippen LogP) is 3.23. The number of nitrogens with one attached hydrogen (secondary N) is 1. The fourth-order valence-electron chi connectivity index (χ4n) is 2.53. The van der Waals surface area contributed by atoms with E-state index >= 15 is 0 Å². The molecule has 3 heterocycles. The number of aromatic nitrogens is 5. The highest BCUT2D eigenvalue weighted by atomic mass is 32.1. The Hall–Kier alpha value is -3.92.